The van der Waals surface area contributed by atoms with Crippen LogP contribution in [0.3, 0.4) is 0 Å². The van der Waals surface area contributed by atoms with Crippen LogP contribution in [0.25, 0.3) is 0 Å². The summed E-state index contributed by atoms with van der Waals surface area (Å²) in [5.74, 6) is 1.88. The number of benzene rings is 1. The minimum Gasteiger partial charge on any atom is -0.497 e. The second-order valence-corrected chi connectivity index (χ2v) is 4.58. The van der Waals surface area contributed by atoms with Gasteiger partial charge in [0.25, 0.3) is 0 Å². The van der Waals surface area contributed by atoms with Crippen molar-refractivity contribution in [3.63, 3.8) is 0 Å². The summed E-state index contributed by atoms with van der Waals surface area (Å²) in [5, 5.41) is 3.41. The van der Waals surface area contributed by atoms with Crippen molar-refractivity contribution >= 4 is 0 Å². The van der Waals surface area contributed by atoms with Crippen molar-refractivity contribution in [3.05, 3.63) is 29.8 Å². The van der Waals surface area contributed by atoms with Gasteiger partial charge in [-0.15, -0.1) is 0 Å². The zero-order valence-electron chi connectivity index (χ0n) is 10.0. The summed E-state index contributed by atoms with van der Waals surface area (Å²) >= 11 is 0. The zero-order valence-corrected chi connectivity index (χ0v) is 10.0. The van der Waals surface area contributed by atoms with Gasteiger partial charge in [0.15, 0.2) is 0 Å². The van der Waals surface area contributed by atoms with Gasteiger partial charge >= 0.3 is 0 Å². The van der Waals surface area contributed by atoms with E-state index in [2.05, 4.69) is 23.5 Å². The molecule has 88 valence electrons. The second-order valence-electron chi connectivity index (χ2n) is 4.58. The van der Waals surface area contributed by atoms with Gasteiger partial charge in [-0.25, -0.2) is 0 Å². The number of hydrogen-bond acceptors (Lipinski definition) is 2. The van der Waals surface area contributed by atoms with Crippen LogP contribution in [0.15, 0.2) is 24.3 Å². The number of aryl methyl sites for hydroxylation is 1. The van der Waals surface area contributed by atoms with Crippen molar-refractivity contribution in [1.82, 2.24) is 5.32 Å². The van der Waals surface area contributed by atoms with Gasteiger partial charge in [-0.05, 0) is 62.4 Å². The first kappa shape index (κ1) is 11.5. The molecule has 1 heterocycles. The third-order valence-electron chi connectivity index (χ3n) is 3.43. The maximum atomic E-state index is 5.24. The Kier molecular flexibility index (Phi) is 4.23. The van der Waals surface area contributed by atoms with E-state index in [9.17, 15) is 0 Å². The lowest BCUT2D eigenvalue weighted by Crippen LogP contribution is -2.27. The monoisotopic (exact) mass is 219 g/mol. The predicted molar refractivity (Wildman–Crippen MR) is 66.9 cm³/mol. The number of ether oxygens (including phenoxy) is 1. The first-order valence-corrected chi connectivity index (χ1v) is 6.22. The summed E-state index contributed by atoms with van der Waals surface area (Å²) in [6.07, 6.45) is 5.17. The van der Waals surface area contributed by atoms with E-state index in [1.807, 2.05) is 6.07 Å². The Labute approximate surface area is 98.0 Å². The van der Waals surface area contributed by atoms with Crippen LogP contribution in [-0.2, 0) is 6.42 Å². The maximum absolute atomic E-state index is 5.24. The maximum Gasteiger partial charge on any atom is 0.119 e. The molecule has 2 heteroatoms. The Morgan fingerprint density at radius 3 is 2.88 bits per heavy atom. The van der Waals surface area contributed by atoms with Gasteiger partial charge in [-0.2, -0.15) is 0 Å². The van der Waals surface area contributed by atoms with Crippen LogP contribution in [0.4, 0.5) is 0 Å². The van der Waals surface area contributed by atoms with E-state index in [1.54, 1.807) is 7.11 Å². The fraction of sp³-hybridized carbons (Fsp3) is 0.571. The Bertz CT molecular complexity index is 318. The van der Waals surface area contributed by atoms with Crippen molar-refractivity contribution in [2.45, 2.75) is 25.7 Å². The highest BCUT2D eigenvalue weighted by Crippen LogP contribution is 2.20. The summed E-state index contributed by atoms with van der Waals surface area (Å²) in [4.78, 5) is 0. The van der Waals surface area contributed by atoms with Gasteiger partial charge in [-0.3, -0.25) is 0 Å². The minimum atomic E-state index is 0.910. The molecule has 0 amide bonds. The van der Waals surface area contributed by atoms with Gasteiger partial charge in [0.05, 0.1) is 7.11 Å². The summed E-state index contributed by atoms with van der Waals surface area (Å²) in [6, 6.07) is 8.44. The summed E-state index contributed by atoms with van der Waals surface area (Å²) in [7, 11) is 1.73. The molecule has 1 N–H and O–H groups in total. The van der Waals surface area contributed by atoms with E-state index in [4.69, 9.17) is 4.74 Å². The molecule has 0 atom stereocenters. The highest BCUT2D eigenvalue weighted by Gasteiger charge is 2.12. The molecule has 1 aromatic carbocycles. The van der Waals surface area contributed by atoms with Gasteiger partial charge in [0.1, 0.15) is 5.75 Å². The quantitative estimate of drug-likeness (QED) is 0.840. The summed E-state index contributed by atoms with van der Waals surface area (Å²) in [6.45, 7) is 2.39. The second kappa shape index (κ2) is 5.90. The van der Waals surface area contributed by atoms with Gasteiger partial charge in [0, 0.05) is 0 Å². The lowest BCUT2D eigenvalue weighted by Gasteiger charge is -2.22. The zero-order chi connectivity index (χ0) is 11.2. The van der Waals surface area contributed by atoms with Crippen LogP contribution in [0.2, 0.25) is 0 Å². The molecule has 0 radical (unpaired) electrons. The Morgan fingerprint density at radius 1 is 1.31 bits per heavy atom. The number of hydrogen-bond donors (Lipinski definition) is 1. The van der Waals surface area contributed by atoms with Crippen molar-refractivity contribution in [2.24, 2.45) is 5.92 Å². The normalized spacial score (nSPS) is 17.3. The van der Waals surface area contributed by atoms with Crippen LogP contribution >= 0.6 is 0 Å². The lowest BCUT2D eigenvalue weighted by atomic mass is 9.91. The number of piperidine rings is 1. The minimum absolute atomic E-state index is 0.910. The predicted octanol–water partition coefficient (Wildman–Crippen LogP) is 2.63. The number of nitrogens with one attached hydrogen (secondary N) is 1. The Balaban J connectivity index is 1.83. The van der Waals surface area contributed by atoms with Crippen LogP contribution in [0.5, 0.6) is 5.75 Å². The molecule has 2 rings (SSSR count). The number of methoxy groups -OCH3 is 1. The van der Waals surface area contributed by atoms with Crippen molar-refractivity contribution in [1.29, 1.82) is 0 Å². The fourth-order valence-corrected chi connectivity index (χ4v) is 2.37. The SMILES string of the molecule is COc1cccc(CCC2CCNCC2)c1. The molecule has 0 unspecified atom stereocenters. The third kappa shape index (κ3) is 3.24. The molecule has 0 spiro atoms. The fourth-order valence-electron chi connectivity index (χ4n) is 2.37. The molecule has 1 aliphatic rings. The van der Waals surface area contributed by atoms with E-state index in [0.717, 1.165) is 11.7 Å². The summed E-state index contributed by atoms with van der Waals surface area (Å²) in [5.41, 5.74) is 1.40. The molecular weight excluding hydrogens is 198 g/mol. The van der Waals surface area contributed by atoms with E-state index < -0.39 is 0 Å². The first-order chi connectivity index (χ1) is 7.88. The van der Waals surface area contributed by atoms with Crippen LogP contribution in [0.1, 0.15) is 24.8 Å². The lowest BCUT2D eigenvalue weighted by molar-refractivity contribution is 0.354. The molecule has 0 saturated carbocycles. The molecule has 2 nitrogen and oxygen atoms in total. The van der Waals surface area contributed by atoms with Gasteiger partial charge < -0.3 is 10.1 Å². The molecule has 0 aromatic heterocycles. The van der Waals surface area contributed by atoms with Crippen molar-refractivity contribution in [2.75, 3.05) is 20.2 Å². The van der Waals surface area contributed by atoms with E-state index in [-0.39, 0.29) is 0 Å². The molecule has 0 aliphatic carbocycles. The standard InChI is InChI=1S/C14H21NO/c1-16-14-4-2-3-13(11-14)6-5-12-7-9-15-10-8-12/h2-4,11-12,15H,5-10H2,1H3. The number of rotatable bonds is 4. The Hall–Kier alpha value is -1.02. The van der Waals surface area contributed by atoms with Crippen LogP contribution < -0.4 is 10.1 Å². The largest absolute Gasteiger partial charge is 0.497 e. The average molecular weight is 219 g/mol. The van der Waals surface area contributed by atoms with Gasteiger partial charge in [0.2, 0.25) is 0 Å². The average Bonchev–Trinajstić information content (AvgIpc) is 2.38. The van der Waals surface area contributed by atoms with Crippen LogP contribution in [0, 0.1) is 5.92 Å². The summed E-state index contributed by atoms with van der Waals surface area (Å²) < 4.78 is 5.24. The van der Waals surface area contributed by atoms with E-state index >= 15 is 0 Å². The van der Waals surface area contributed by atoms with Crippen molar-refractivity contribution < 1.29 is 4.74 Å². The Morgan fingerprint density at radius 2 is 2.12 bits per heavy atom. The molecule has 1 aliphatic heterocycles. The van der Waals surface area contributed by atoms with E-state index in [0.29, 0.717) is 0 Å². The third-order valence-corrected chi connectivity index (χ3v) is 3.43. The molecule has 16 heavy (non-hydrogen) atoms. The molecule has 1 saturated heterocycles. The highest BCUT2D eigenvalue weighted by atomic mass is 16.5. The van der Waals surface area contributed by atoms with E-state index in [1.165, 1.54) is 44.3 Å². The van der Waals surface area contributed by atoms with Gasteiger partial charge in [-0.1, -0.05) is 12.1 Å². The highest BCUT2D eigenvalue weighted by molar-refractivity contribution is 5.28. The molecule has 0 bridgehead atoms. The molecule has 1 aromatic rings. The topological polar surface area (TPSA) is 21.3 Å². The van der Waals surface area contributed by atoms with Crippen molar-refractivity contribution in [3.8, 4) is 5.75 Å². The first-order valence-electron chi connectivity index (χ1n) is 6.22. The van der Waals surface area contributed by atoms with Crippen LogP contribution in [-0.4, -0.2) is 20.2 Å². The molecular formula is C14H21NO. The smallest absolute Gasteiger partial charge is 0.119 e. The molecule has 1 fully saturated rings.